The van der Waals surface area contributed by atoms with Gasteiger partial charge in [0.25, 0.3) is 5.91 Å². The van der Waals surface area contributed by atoms with Gasteiger partial charge in [0.2, 0.25) is 0 Å². The average molecular weight is 318 g/mol. The van der Waals surface area contributed by atoms with Crippen LogP contribution < -0.4 is 5.32 Å². The molecular formula is C16H18N2O3S. The number of carbonyl (C=O) groups excluding carboxylic acids is 1. The van der Waals surface area contributed by atoms with Crippen LogP contribution in [0.4, 0.5) is 0 Å². The number of hydrogen-bond donors (Lipinski definition) is 2. The molecule has 0 aliphatic carbocycles. The van der Waals surface area contributed by atoms with Crippen LogP contribution in [-0.2, 0) is 4.79 Å². The Morgan fingerprint density at radius 1 is 1.27 bits per heavy atom. The molecule has 6 heteroatoms. The Hall–Kier alpha value is -2.21. The molecule has 0 radical (unpaired) electrons. The molecular weight excluding hydrogens is 300 g/mol. The Morgan fingerprint density at radius 3 is 2.50 bits per heavy atom. The van der Waals surface area contributed by atoms with Gasteiger partial charge < -0.3 is 10.4 Å². The second kappa shape index (κ2) is 7.17. The number of carboxylic acids is 1. The number of thiazole rings is 1. The van der Waals surface area contributed by atoms with E-state index in [2.05, 4.69) is 10.3 Å². The fraction of sp³-hybridized carbons (Fsp3) is 0.312. The summed E-state index contributed by atoms with van der Waals surface area (Å²) in [6.45, 7) is 4.06. The van der Waals surface area contributed by atoms with Gasteiger partial charge in [0, 0.05) is 17.8 Å². The molecule has 0 aliphatic heterocycles. The van der Waals surface area contributed by atoms with Crippen molar-refractivity contribution >= 4 is 23.2 Å². The zero-order chi connectivity index (χ0) is 16.1. The second-order valence-electron chi connectivity index (χ2n) is 5.24. The van der Waals surface area contributed by atoms with Crippen molar-refractivity contribution in [1.29, 1.82) is 0 Å². The standard InChI is InChI=1S/C16H18N2O3S/c1-10(2)15-18-13(9-22-15)14(19)17-8-12(16(20)21)11-6-4-3-5-7-11/h3-7,9-10,12H,8H2,1-2H3,(H,17,19)(H,20,21). The van der Waals surface area contributed by atoms with E-state index >= 15 is 0 Å². The van der Waals surface area contributed by atoms with Crippen molar-refractivity contribution in [2.45, 2.75) is 25.7 Å². The molecule has 1 unspecified atom stereocenters. The van der Waals surface area contributed by atoms with Crippen molar-refractivity contribution < 1.29 is 14.7 Å². The largest absolute Gasteiger partial charge is 0.481 e. The van der Waals surface area contributed by atoms with Crippen LogP contribution in [0.2, 0.25) is 0 Å². The molecule has 2 rings (SSSR count). The van der Waals surface area contributed by atoms with Crippen LogP contribution in [0.3, 0.4) is 0 Å². The fourth-order valence-electron chi connectivity index (χ4n) is 1.98. The summed E-state index contributed by atoms with van der Waals surface area (Å²) in [6.07, 6.45) is 0. The molecule has 5 nitrogen and oxygen atoms in total. The number of aromatic nitrogens is 1. The van der Waals surface area contributed by atoms with Crippen molar-refractivity contribution in [2.75, 3.05) is 6.54 Å². The first-order valence-corrected chi connectivity index (χ1v) is 7.88. The molecule has 22 heavy (non-hydrogen) atoms. The van der Waals surface area contributed by atoms with Crippen LogP contribution in [0.15, 0.2) is 35.7 Å². The van der Waals surface area contributed by atoms with Gasteiger partial charge in [-0.3, -0.25) is 9.59 Å². The van der Waals surface area contributed by atoms with E-state index < -0.39 is 11.9 Å². The molecule has 1 atom stereocenters. The third kappa shape index (κ3) is 3.92. The predicted molar refractivity (Wildman–Crippen MR) is 85.4 cm³/mol. The number of amides is 1. The Labute approximate surface area is 133 Å². The van der Waals surface area contributed by atoms with Crippen molar-refractivity contribution in [3.8, 4) is 0 Å². The first-order chi connectivity index (χ1) is 10.5. The SMILES string of the molecule is CC(C)c1nc(C(=O)NCC(C(=O)O)c2ccccc2)cs1. The normalized spacial score (nSPS) is 12.1. The van der Waals surface area contributed by atoms with E-state index in [4.69, 9.17) is 0 Å². The molecule has 1 aromatic heterocycles. The van der Waals surface area contributed by atoms with Gasteiger partial charge in [-0.1, -0.05) is 44.2 Å². The highest BCUT2D eigenvalue weighted by molar-refractivity contribution is 7.09. The quantitative estimate of drug-likeness (QED) is 0.858. The molecule has 1 amide bonds. The molecule has 2 aromatic rings. The summed E-state index contributed by atoms with van der Waals surface area (Å²) in [5, 5.41) is 14.6. The van der Waals surface area contributed by atoms with Crippen LogP contribution >= 0.6 is 11.3 Å². The lowest BCUT2D eigenvalue weighted by Gasteiger charge is -2.13. The molecule has 0 aliphatic rings. The number of nitrogens with one attached hydrogen (secondary N) is 1. The lowest BCUT2D eigenvalue weighted by molar-refractivity contribution is -0.138. The minimum atomic E-state index is -0.965. The third-order valence-corrected chi connectivity index (χ3v) is 4.36. The van der Waals surface area contributed by atoms with E-state index in [0.717, 1.165) is 5.01 Å². The van der Waals surface area contributed by atoms with E-state index in [0.29, 0.717) is 11.3 Å². The molecule has 0 fully saturated rings. The molecule has 0 bridgehead atoms. The van der Waals surface area contributed by atoms with Crippen molar-refractivity contribution in [3.05, 3.63) is 52.0 Å². The maximum atomic E-state index is 12.1. The Kier molecular flexibility index (Phi) is 5.27. The fourth-order valence-corrected chi connectivity index (χ4v) is 2.79. The lowest BCUT2D eigenvalue weighted by atomic mass is 9.99. The maximum absolute atomic E-state index is 12.1. The van der Waals surface area contributed by atoms with Crippen LogP contribution in [0, 0.1) is 0 Å². The minimum Gasteiger partial charge on any atom is -0.481 e. The number of rotatable bonds is 6. The molecule has 1 aromatic carbocycles. The summed E-state index contributed by atoms with van der Waals surface area (Å²) in [7, 11) is 0. The highest BCUT2D eigenvalue weighted by Crippen LogP contribution is 2.19. The average Bonchev–Trinajstić information content (AvgIpc) is 2.98. The van der Waals surface area contributed by atoms with E-state index in [1.54, 1.807) is 29.6 Å². The highest BCUT2D eigenvalue weighted by atomic mass is 32.1. The molecule has 0 spiro atoms. The van der Waals surface area contributed by atoms with Gasteiger partial charge >= 0.3 is 5.97 Å². The van der Waals surface area contributed by atoms with Crippen molar-refractivity contribution in [3.63, 3.8) is 0 Å². The predicted octanol–water partition coefficient (Wildman–Crippen LogP) is 2.86. The zero-order valence-electron chi connectivity index (χ0n) is 12.4. The Bertz CT molecular complexity index is 652. The van der Waals surface area contributed by atoms with Gasteiger partial charge in [-0.05, 0) is 5.56 Å². The van der Waals surface area contributed by atoms with Gasteiger partial charge in [0.05, 0.1) is 10.9 Å². The summed E-state index contributed by atoms with van der Waals surface area (Å²) < 4.78 is 0. The van der Waals surface area contributed by atoms with Gasteiger partial charge in [0.15, 0.2) is 0 Å². The molecule has 2 N–H and O–H groups in total. The summed E-state index contributed by atoms with van der Waals surface area (Å²) in [6, 6.07) is 8.86. The molecule has 0 saturated heterocycles. The highest BCUT2D eigenvalue weighted by Gasteiger charge is 2.21. The zero-order valence-corrected chi connectivity index (χ0v) is 13.3. The monoisotopic (exact) mass is 318 g/mol. The van der Waals surface area contributed by atoms with Crippen LogP contribution in [0.1, 0.15) is 46.7 Å². The third-order valence-electron chi connectivity index (χ3n) is 3.22. The first-order valence-electron chi connectivity index (χ1n) is 7.00. The van der Waals surface area contributed by atoms with E-state index in [-0.39, 0.29) is 18.4 Å². The topological polar surface area (TPSA) is 79.3 Å². The van der Waals surface area contributed by atoms with Crippen molar-refractivity contribution in [1.82, 2.24) is 10.3 Å². The number of carbonyl (C=O) groups is 2. The number of aliphatic carboxylic acids is 1. The van der Waals surface area contributed by atoms with Crippen LogP contribution in [0.25, 0.3) is 0 Å². The lowest BCUT2D eigenvalue weighted by Crippen LogP contribution is -2.31. The molecule has 116 valence electrons. The summed E-state index contributed by atoms with van der Waals surface area (Å²) in [5.74, 6) is -1.81. The van der Waals surface area contributed by atoms with Crippen LogP contribution in [0.5, 0.6) is 0 Å². The Morgan fingerprint density at radius 2 is 1.95 bits per heavy atom. The summed E-state index contributed by atoms with van der Waals surface area (Å²) in [4.78, 5) is 27.7. The number of hydrogen-bond acceptors (Lipinski definition) is 4. The van der Waals surface area contributed by atoms with E-state index in [1.807, 2.05) is 19.9 Å². The van der Waals surface area contributed by atoms with Crippen LogP contribution in [-0.4, -0.2) is 28.5 Å². The number of benzene rings is 1. The van der Waals surface area contributed by atoms with E-state index in [1.165, 1.54) is 11.3 Å². The van der Waals surface area contributed by atoms with Gasteiger partial charge in [0.1, 0.15) is 5.69 Å². The summed E-state index contributed by atoms with van der Waals surface area (Å²) in [5.41, 5.74) is 1.00. The minimum absolute atomic E-state index is 0.0344. The number of carboxylic acid groups (broad SMARTS) is 1. The molecule has 0 saturated carbocycles. The Balaban J connectivity index is 2.03. The first kappa shape index (κ1) is 16.2. The van der Waals surface area contributed by atoms with Gasteiger partial charge in [-0.25, -0.2) is 4.98 Å². The second-order valence-corrected chi connectivity index (χ2v) is 6.13. The smallest absolute Gasteiger partial charge is 0.312 e. The maximum Gasteiger partial charge on any atom is 0.312 e. The number of nitrogens with zero attached hydrogens (tertiary/aromatic N) is 1. The van der Waals surface area contributed by atoms with E-state index in [9.17, 15) is 14.7 Å². The van der Waals surface area contributed by atoms with Gasteiger partial charge in [-0.15, -0.1) is 11.3 Å². The molecule has 1 heterocycles. The van der Waals surface area contributed by atoms with Gasteiger partial charge in [-0.2, -0.15) is 0 Å². The van der Waals surface area contributed by atoms with Crippen molar-refractivity contribution in [2.24, 2.45) is 0 Å². The summed E-state index contributed by atoms with van der Waals surface area (Å²) >= 11 is 1.43.